The summed E-state index contributed by atoms with van der Waals surface area (Å²) in [6.45, 7) is 0. The fraction of sp³-hybridized carbons (Fsp3) is 0.0909. The number of carbonyl (C=O) groups is 1. The molecule has 2 aromatic rings. The zero-order valence-corrected chi connectivity index (χ0v) is 9.15. The van der Waals surface area contributed by atoms with E-state index in [4.69, 9.17) is 5.11 Å². The summed E-state index contributed by atoms with van der Waals surface area (Å²) in [6.07, 6.45) is -3.39. The molecule has 2 rings (SSSR count). The van der Waals surface area contributed by atoms with E-state index in [-0.39, 0.29) is 11.3 Å². The average Bonchev–Trinajstić information content (AvgIpc) is 2.77. The third-order valence-corrected chi connectivity index (χ3v) is 2.35. The van der Waals surface area contributed by atoms with Gasteiger partial charge in [0.25, 0.3) is 0 Å². The van der Waals surface area contributed by atoms with E-state index in [1.54, 1.807) is 0 Å². The summed E-state index contributed by atoms with van der Waals surface area (Å²) in [4.78, 5) is 10.6. The van der Waals surface area contributed by atoms with Crippen LogP contribution in [-0.2, 0) is 6.18 Å². The minimum absolute atomic E-state index is 0.263. The van der Waals surface area contributed by atoms with Gasteiger partial charge in [-0.2, -0.15) is 18.3 Å². The Labute approximate surface area is 103 Å². The Hall–Kier alpha value is -2.38. The van der Waals surface area contributed by atoms with Crippen molar-refractivity contribution < 1.29 is 27.5 Å². The number of rotatable bonds is 2. The van der Waals surface area contributed by atoms with Gasteiger partial charge in [0.1, 0.15) is 11.5 Å². The second-order valence-corrected chi connectivity index (χ2v) is 3.64. The Balaban J connectivity index is 2.43. The number of carboxylic acid groups (broad SMARTS) is 1. The van der Waals surface area contributed by atoms with Crippen molar-refractivity contribution in [3.8, 4) is 5.69 Å². The van der Waals surface area contributed by atoms with Gasteiger partial charge in [0.15, 0.2) is 0 Å². The number of benzene rings is 1. The molecule has 0 aliphatic carbocycles. The first-order valence-electron chi connectivity index (χ1n) is 4.94. The molecule has 1 aromatic carbocycles. The molecule has 1 aromatic heterocycles. The van der Waals surface area contributed by atoms with Crippen LogP contribution in [0, 0.1) is 5.82 Å². The molecule has 0 fully saturated rings. The van der Waals surface area contributed by atoms with Gasteiger partial charge in [0.05, 0.1) is 17.3 Å². The summed E-state index contributed by atoms with van der Waals surface area (Å²) in [5.41, 5.74) is -1.58. The normalized spacial score (nSPS) is 11.6. The van der Waals surface area contributed by atoms with Crippen LogP contribution in [0.1, 0.15) is 15.9 Å². The topological polar surface area (TPSA) is 55.1 Å². The summed E-state index contributed by atoms with van der Waals surface area (Å²) >= 11 is 0. The predicted octanol–water partition coefficient (Wildman–Crippen LogP) is 2.73. The lowest BCUT2D eigenvalue weighted by Gasteiger charge is -2.04. The van der Waals surface area contributed by atoms with Crippen molar-refractivity contribution in [3.05, 3.63) is 47.5 Å². The number of aromatic nitrogens is 2. The highest BCUT2D eigenvalue weighted by Crippen LogP contribution is 2.29. The maximum atomic E-state index is 13.6. The summed E-state index contributed by atoms with van der Waals surface area (Å²) in [7, 11) is 0. The second-order valence-electron chi connectivity index (χ2n) is 3.64. The smallest absolute Gasteiger partial charge is 0.419 e. The summed E-state index contributed by atoms with van der Waals surface area (Å²) in [6, 6.07) is 2.84. The molecule has 4 nitrogen and oxygen atoms in total. The lowest BCUT2D eigenvalue weighted by molar-refractivity contribution is -0.137. The van der Waals surface area contributed by atoms with E-state index in [9.17, 15) is 22.4 Å². The van der Waals surface area contributed by atoms with E-state index in [0.29, 0.717) is 23.1 Å². The zero-order chi connectivity index (χ0) is 14.2. The van der Waals surface area contributed by atoms with Crippen LogP contribution < -0.4 is 0 Å². The van der Waals surface area contributed by atoms with E-state index in [1.165, 1.54) is 0 Å². The van der Waals surface area contributed by atoms with Crippen molar-refractivity contribution >= 4 is 5.97 Å². The molecule has 1 N–H and O–H groups in total. The molecular formula is C11H6F4N2O2. The monoisotopic (exact) mass is 274 g/mol. The quantitative estimate of drug-likeness (QED) is 0.857. The highest BCUT2D eigenvalue weighted by molar-refractivity contribution is 5.87. The third kappa shape index (κ3) is 2.56. The number of aromatic carboxylic acids is 1. The van der Waals surface area contributed by atoms with Crippen LogP contribution in [0.2, 0.25) is 0 Å². The van der Waals surface area contributed by atoms with Gasteiger partial charge in [0, 0.05) is 6.20 Å². The van der Waals surface area contributed by atoms with Gasteiger partial charge in [-0.25, -0.2) is 13.9 Å². The first kappa shape index (κ1) is 13.1. The van der Waals surface area contributed by atoms with Crippen LogP contribution >= 0.6 is 0 Å². The Morgan fingerprint density at radius 2 is 2.00 bits per heavy atom. The van der Waals surface area contributed by atoms with E-state index < -0.39 is 23.5 Å². The Morgan fingerprint density at radius 3 is 2.47 bits per heavy atom. The zero-order valence-electron chi connectivity index (χ0n) is 9.15. The molecule has 0 aliphatic heterocycles. The Morgan fingerprint density at radius 1 is 1.32 bits per heavy atom. The second kappa shape index (κ2) is 4.38. The van der Waals surface area contributed by atoms with Crippen molar-refractivity contribution in [2.45, 2.75) is 6.18 Å². The van der Waals surface area contributed by atoms with Gasteiger partial charge in [-0.15, -0.1) is 0 Å². The van der Waals surface area contributed by atoms with Gasteiger partial charge >= 0.3 is 12.1 Å². The molecule has 8 heteroatoms. The van der Waals surface area contributed by atoms with E-state index in [0.717, 1.165) is 12.1 Å². The standard InChI is InChI=1S/C11H6F4N2O2/c12-8-3-6(10(18)19)1-2-9(8)17-5-7(4-16-17)11(13,14)15/h1-5H,(H,18,19). The third-order valence-electron chi connectivity index (χ3n) is 2.35. The van der Waals surface area contributed by atoms with Crippen molar-refractivity contribution in [1.82, 2.24) is 9.78 Å². The fourth-order valence-electron chi connectivity index (χ4n) is 1.43. The number of carboxylic acids is 1. The Kier molecular flexibility index (Phi) is 3.01. The van der Waals surface area contributed by atoms with Crippen LogP contribution in [0.4, 0.5) is 17.6 Å². The van der Waals surface area contributed by atoms with E-state index >= 15 is 0 Å². The van der Waals surface area contributed by atoms with E-state index in [2.05, 4.69) is 5.10 Å². The maximum absolute atomic E-state index is 13.6. The summed E-state index contributed by atoms with van der Waals surface area (Å²) in [5, 5.41) is 12.0. The van der Waals surface area contributed by atoms with Crippen molar-refractivity contribution in [1.29, 1.82) is 0 Å². The van der Waals surface area contributed by atoms with Crippen molar-refractivity contribution in [3.63, 3.8) is 0 Å². The minimum Gasteiger partial charge on any atom is -0.478 e. The number of alkyl halides is 3. The number of hydrogen-bond donors (Lipinski definition) is 1. The first-order valence-corrected chi connectivity index (χ1v) is 4.94. The summed E-state index contributed by atoms with van der Waals surface area (Å²) < 4.78 is 51.4. The van der Waals surface area contributed by atoms with Gasteiger partial charge in [-0.1, -0.05) is 0 Å². The highest BCUT2D eigenvalue weighted by atomic mass is 19.4. The van der Waals surface area contributed by atoms with Crippen molar-refractivity contribution in [2.75, 3.05) is 0 Å². The molecule has 0 atom stereocenters. The van der Waals surface area contributed by atoms with Crippen LogP contribution in [-0.4, -0.2) is 20.9 Å². The fourth-order valence-corrected chi connectivity index (χ4v) is 1.43. The average molecular weight is 274 g/mol. The maximum Gasteiger partial charge on any atom is 0.419 e. The number of nitrogens with zero attached hydrogens (tertiary/aromatic N) is 2. The van der Waals surface area contributed by atoms with Crippen molar-refractivity contribution in [2.24, 2.45) is 0 Å². The molecule has 0 aliphatic rings. The van der Waals surface area contributed by atoms with Gasteiger partial charge in [0.2, 0.25) is 0 Å². The Bertz CT molecular complexity index is 634. The minimum atomic E-state index is -4.57. The largest absolute Gasteiger partial charge is 0.478 e. The molecule has 19 heavy (non-hydrogen) atoms. The van der Waals surface area contributed by atoms with Crippen LogP contribution in [0.5, 0.6) is 0 Å². The first-order chi connectivity index (χ1) is 8.79. The molecule has 0 amide bonds. The van der Waals surface area contributed by atoms with Crippen LogP contribution in [0.3, 0.4) is 0 Å². The molecule has 0 unspecified atom stereocenters. The molecule has 0 spiro atoms. The summed E-state index contributed by atoms with van der Waals surface area (Å²) in [5.74, 6) is -2.31. The van der Waals surface area contributed by atoms with Gasteiger partial charge in [-0.05, 0) is 18.2 Å². The van der Waals surface area contributed by atoms with Gasteiger partial charge in [-0.3, -0.25) is 0 Å². The molecule has 0 radical (unpaired) electrons. The van der Waals surface area contributed by atoms with Crippen LogP contribution in [0.15, 0.2) is 30.6 Å². The highest BCUT2D eigenvalue weighted by Gasteiger charge is 2.32. The molecular weight excluding hydrogens is 268 g/mol. The molecule has 0 saturated carbocycles. The SMILES string of the molecule is O=C(O)c1ccc(-n2cc(C(F)(F)F)cn2)c(F)c1. The molecule has 0 saturated heterocycles. The number of hydrogen-bond acceptors (Lipinski definition) is 2. The lowest BCUT2D eigenvalue weighted by Crippen LogP contribution is -2.04. The van der Waals surface area contributed by atoms with Crippen LogP contribution in [0.25, 0.3) is 5.69 Å². The molecule has 1 heterocycles. The lowest BCUT2D eigenvalue weighted by atomic mass is 10.2. The van der Waals surface area contributed by atoms with E-state index in [1.807, 2.05) is 0 Å². The van der Waals surface area contributed by atoms with Gasteiger partial charge < -0.3 is 5.11 Å². The predicted molar refractivity (Wildman–Crippen MR) is 55.5 cm³/mol. The molecule has 0 bridgehead atoms. The number of halogens is 4. The molecule has 100 valence electrons.